The number of phenols is 1. The molecule has 0 spiro atoms. The number of anilines is 1. The van der Waals surface area contributed by atoms with Crippen molar-refractivity contribution < 1.29 is 23.0 Å². The highest BCUT2D eigenvalue weighted by atomic mass is 19.1. The van der Waals surface area contributed by atoms with Crippen molar-refractivity contribution in [3.8, 4) is 35.4 Å². The summed E-state index contributed by atoms with van der Waals surface area (Å²) in [6.07, 6.45) is 10.4. The molecule has 2 aromatic carbocycles. The number of halogens is 3. The Morgan fingerprint density at radius 2 is 2.00 bits per heavy atom. The molecule has 5 aliphatic heterocycles. The van der Waals surface area contributed by atoms with Crippen LogP contribution in [0.5, 0.6) is 11.8 Å². The molecule has 11 heteroatoms. The maximum atomic E-state index is 17.1. The third-order valence-corrected chi connectivity index (χ3v) is 11.0. The quantitative estimate of drug-likeness (QED) is 0.306. The Morgan fingerprint density at radius 1 is 1.11 bits per heavy atom. The molecule has 0 saturated carbocycles. The average Bonchev–Trinajstić information content (AvgIpc) is 3.68. The number of phenolic OH excluding ortho intramolecular Hbond substituents is 1. The highest BCUT2D eigenvalue weighted by Crippen LogP contribution is 2.45. The Kier molecular flexibility index (Phi) is 6.22. The van der Waals surface area contributed by atoms with Gasteiger partial charge in [-0.05, 0) is 68.7 Å². The van der Waals surface area contributed by atoms with Crippen LogP contribution in [0.1, 0.15) is 49.8 Å². The number of aromatic hydroxyl groups is 1. The molecule has 8 nitrogen and oxygen atoms in total. The number of nitrogens with one attached hydrogen (secondary N) is 1. The maximum Gasteiger partial charge on any atom is 0.319 e. The summed E-state index contributed by atoms with van der Waals surface area (Å²) in [7, 11) is 0. The summed E-state index contributed by atoms with van der Waals surface area (Å²) >= 11 is 0. The number of nitrogens with zero attached hydrogens (tertiary/aromatic N) is 5. The maximum absolute atomic E-state index is 17.1. The van der Waals surface area contributed by atoms with E-state index in [-0.39, 0.29) is 52.8 Å². The number of aryl methyl sites for hydroxylation is 1. The molecule has 2 N–H and O–H groups in total. The van der Waals surface area contributed by atoms with Crippen molar-refractivity contribution in [2.24, 2.45) is 0 Å². The third kappa shape index (κ3) is 4.12. The highest BCUT2D eigenvalue weighted by Gasteiger charge is 2.50. The highest BCUT2D eigenvalue weighted by molar-refractivity contribution is 6.03. The Bertz CT molecular complexity index is 1980. The molecule has 236 valence electrons. The van der Waals surface area contributed by atoms with Gasteiger partial charge >= 0.3 is 6.01 Å². The van der Waals surface area contributed by atoms with E-state index in [1.165, 1.54) is 24.3 Å². The fraction of sp³-hybridized carbons (Fsp3) is 0.457. The van der Waals surface area contributed by atoms with Crippen LogP contribution in [-0.2, 0) is 6.42 Å². The van der Waals surface area contributed by atoms with Crippen LogP contribution in [0.3, 0.4) is 0 Å². The van der Waals surface area contributed by atoms with Crippen molar-refractivity contribution in [1.82, 2.24) is 25.2 Å². The molecule has 5 atom stereocenters. The summed E-state index contributed by atoms with van der Waals surface area (Å²) < 4.78 is 52.9. The molecule has 4 aromatic rings. The minimum Gasteiger partial charge on any atom is -0.508 e. The monoisotopic (exact) mass is 626 g/mol. The van der Waals surface area contributed by atoms with Crippen LogP contribution in [0, 0.1) is 24.0 Å². The SMILES string of the molecule is C#Cc1c(F)ccc2cc(O)cc(-c3nc4c5c(nc(OC[C@@]67CCCN6C[C@H](F)C7)nc5c3F)N3C[C@H]5CC[C@H](N5)[C@H]3CC4)c12. The summed E-state index contributed by atoms with van der Waals surface area (Å²) in [5.74, 6) is 1.53. The van der Waals surface area contributed by atoms with Crippen molar-refractivity contribution >= 4 is 27.5 Å². The van der Waals surface area contributed by atoms with E-state index in [4.69, 9.17) is 21.1 Å². The van der Waals surface area contributed by atoms with Crippen molar-refractivity contribution in [3.05, 3.63) is 47.2 Å². The van der Waals surface area contributed by atoms with Crippen molar-refractivity contribution in [3.63, 3.8) is 0 Å². The van der Waals surface area contributed by atoms with Crippen LogP contribution < -0.4 is 15.0 Å². The summed E-state index contributed by atoms with van der Waals surface area (Å²) in [5, 5.41) is 15.7. The zero-order valence-electron chi connectivity index (χ0n) is 25.2. The lowest BCUT2D eigenvalue weighted by atomic mass is 9.95. The smallest absolute Gasteiger partial charge is 0.319 e. The molecule has 4 saturated heterocycles. The van der Waals surface area contributed by atoms with Gasteiger partial charge in [0.2, 0.25) is 0 Å². The van der Waals surface area contributed by atoms with Gasteiger partial charge in [-0.2, -0.15) is 9.97 Å². The van der Waals surface area contributed by atoms with Crippen LogP contribution in [-0.4, -0.2) is 81.0 Å². The lowest BCUT2D eigenvalue weighted by Gasteiger charge is -2.41. The van der Waals surface area contributed by atoms with Gasteiger partial charge in [0.1, 0.15) is 41.4 Å². The number of hydrogen-bond acceptors (Lipinski definition) is 8. The molecule has 0 amide bonds. The molecule has 2 aromatic heterocycles. The number of terminal acetylenes is 1. The predicted octanol–water partition coefficient (Wildman–Crippen LogP) is 5.02. The molecule has 46 heavy (non-hydrogen) atoms. The van der Waals surface area contributed by atoms with Gasteiger partial charge in [0.15, 0.2) is 5.82 Å². The second-order valence-electron chi connectivity index (χ2n) is 13.6. The molecule has 5 aliphatic rings. The Labute approximate surface area is 264 Å². The molecule has 0 aliphatic carbocycles. The largest absolute Gasteiger partial charge is 0.508 e. The van der Waals surface area contributed by atoms with E-state index in [0.717, 1.165) is 45.2 Å². The first-order chi connectivity index (χ1) is 22.3. The van der Waals surface area contributed by atoms with Gasteiger partial charge in [0.25, 0.3) is 0 Å². The van der Waals surface area contributed by atoms with Gasteiger partial charge < -0.3 is 20.1 Å². The minimum atomic E-state index is -0.911. The van der Waals surface area contributed by atoms with Gasteiger partial charge in [-0.25, -0.2) is 18.2 Å². The number of piperazine rings is 1. The fourth-order valence-corrected chi connectivity index (χ4v) is 9.01. The number of fused-ring (bicyclic) bond motifs is 7. The average molecular weight is 627 g/mol. The van der Waals surface area contributed by atoms with Gasteiger partial charge in [0, 0.05) is 48.6 Å². The predicted molar refractivity (Wildman–Crippen MR) is 168 cm³/mol. The second-order valence-corrected chi connectivity index (χ2v) is 13.6. The van der Waals surface area contributed by atoms with Crippen molar-refractivity contribution in [2.75, 3.05) is 31.1 Å². The van der Waals surface area contributed by atoms with Crippen LogP contribution in [0.15, 0.2) is 24.3 Å². The van der Waals surface area contributed by atoms with E-state index in [9.17, 15) is 13.9 Å². The second kappa shape index (κ2) is 10.2. The van der Waals surface area contributed by atoms with Gasteiger partial charge in [0.05, 0.1) is 22.2 Å². The van der Waals surface area contributed by atoms with E-state index >= 15 is 4.39 Å². The minimum absolute atomic E-state index is 0.0330. The Morgan fingerprint density at radius 3 is 2.87 bits per heavy atom. The molecule has 0 unspecified atom stereocenters. The Hall–Kier alpha value is -4.14. The number of alkyl halides is 1. The van der Waals surface area contributed by atoms with Crippen LogP contribution in [0.4, 0.5) is 19.0 Å². The first kappa shape index (κ1) is 28.1. The summed E-state index contributed by atoms with van der Waals surface area (Å²) in [5.41, 5.74) is 0.337. The van der Waals surface area contributed by atoms with Gasteiger partial charge in [-0.15, -0.1) is 6.42 Å². The lowest BCUT2D eigenvalue weighted by molar-refractivity contribution is 0.107. The summed E-state index contributed by atoms with van der Waals surface area (Å²) in [4.78, 5) is 18.9. The molecule has 4 fully saturated rings. The normalized spacial score (nSPS) is 28.3. The van der Waals surface area contributed by atoms with E-state index in [1.54, 1.807) is 0 Å². The van der Waals surface area contributed by atoms with Crippen molar-refractivity contribution in [1.29, 1.82) is 0 Å². The van der Waals surface area contributed by atoms with Crippen molar-refractivity contribution in [2.45, 2.75) is 74.8 Å². The van der Waals surface area contributed by atoms with Gasteiger partial charge in [-0.3, -0.25) is 4.90 Å². The number of ether oxygens (including phenoxy) is 1. The first-order valence-electron chi connectivity index (χ1n) is 16.2. The van der Waals surface area contributed by atoms with Gasteiger partial charge in [-0.1, -0.05) is 12.0 Å². The molecular formula is C35H33F3N6O2. The molecule has 2 bridgehead atoms. The molecular weight excluding hydrogens is 593 g/mol. The number of pyridine rings is 1. The standard InChI is InChI=1S/C35H33F3N6O2/c1-2-22-24(37)6-4-18-12-21(45)13-23(28(18)22)31-30(38)32-29-26(40-31)8-9-27-25-7-5-20(39-25)16-44(27)33(29)42-34(41-32)46-17-35-10-3-11-43(35)15-19(36)14-35/h1,4,6,12-13,19-20,25,27,39,45H,3,5,7-11,14-17H2/t19-,20-,25+,27-,35+/m1/s1. The Balaban J connectivity index is 1.25. The number of rotatable bonds is 4. The fourth-order valence-electron chi connectivity index (χ4n) is 9.01. The van der Waals surface area contributed by atoms with Crippen LogP contribution >= 0.6 is 0 Å². The molecule has 9 rings (SSSR count). The molecule has 7 heterocycles. The van der Waals surface area contributed by atoms with E-state index < -0.39 is 23.3 Å². The van der Waals surface area contributed by atoms with E-state index in [2.05, 4.69) is 26.0 Å². The summed E-state index contributed by atoms with van der Waals surface area (Å²) in [6.45, 7) is 2.15. The lowest BCUT2D eigenvalue weighted by Crippen LogP contribution is -2.58. The number of hydrogen-bond donors (Lipinski definition) is 2. The number of aromatic nitrogens is 3. The van der Waals surface area contributed by atoms with E-state index in [0.29, 0.717) is 53.1 Å². The third-order valence-electron chi connectivity index (χ3n) is 11.0. The summed E-state index contributed by atoms with van der Waals surface area (Å²) in [6, 6.07) is 6.32. The molecule has 0 radical (unpaired) electrons. The first-order valence-corrected chi connectivity index (χ1v) is 16.2. The zero-order chi connectivity index (χ0) is 31.3. The topological polar surface area (TPSA) is 86.6 Å². The zero-order valence-corrected chi connectivity index (χ0v) is 25.2. The van der Waals surface area contributed by atoms with Crippen LogP contribution in [0.2, 0.25) is 0 Å². The number of benzene rings is 2. The van der Waals surface area contributed by atoms with Crippen LogP contribution in [0.25, 0.3) is 32.9 Å². The van der Waals surface area contributed by atoms with E-state index in [1.807, 2.05) is 0 Å².